The van der Waals surface area contributed by atoms with Gasteiger partial charge in [-0.1, -0.05) is 0 Å². The highest BCUT2D eigenvalue weighted by Crippen LogP contribution is 2.17. The molecule has 1 amide bonds. The van der Waals surface area contributed by atoms with E-state index in [4.69, 9.17) is 9.15 Å². The van der Waals surface area contributed by atoms with Gasteiger partial charge in [0, 0.05) is 40.3 Å². The molecule has 0 saturated carbocycles. The largest absolute Gasteiger partial charge is 0.448 e. The number of amides is 1. The van der Waals surface area contributed by atoms with E-state index in [1.807, 2.05) is 31.3 Å². The van der Waals surface area contributed by atoms with E-state index in [2.05, 4.69) is 16.0 Å². The fourth-order valence-corrected chi connectivity index (χ4v) is 2.89. The third-order valence-electron chi connectivity index (χ3n) is 4.29. The Labute approximate surface area is 147 Å². The van der Waals surface area contributed by atoms with Gasteiger partial charge >= 0.3 is 0 Å². The molecular weight excluding hydrogens is 320 g/mol. The van der Waals surface area contributed by atoms with Gasteiger partial charge in [0.15, 0.2) is 11.6 Å². The number of ether oxygens (including phenoxy) is 1. The first-order valence-corrected chi connectivity index (χ1v) is 8.48. The van der Waals surface area contributed by atoms with Gasteiger partial charge in [-0.25, -0.2) is 9.97 Å². The first-order chi connectivity index (χ1) is 12.0. The van der Waals surface area contributed by atoms with Crippen LogP contribution in [0.3, 0.4) is 0 Å². The summed E-state index contributed by atoms with van der Waals surface area (Å²) in [5.41, 5.74) is 1.58. The standard InChI is InChI=1S/C18H24N4O3/c1-13-20-16(12-25-13)18(23)22-8-9-24-15(11-22)5-4-14-6-7-19-17(10-14)21(2)3/h6-7,10,12,15H,4-5,8-9,11H2,1-3H3/t15-/m0/s1. The number of aromatic nitrogens is 2. The molecule has 0 spiro atoms. The van der Waals surface area contributed by atoms with Gasteiger partial charge in [0.05, 0.1) is 12.7 Å². The fraction of sp³-hybridized carbons (Fsp3) is 0.500. The number of oxazole rings is 1. The first kappa shape index (κ1) is 17.4. The Bertz CT molecular complexity index is 729. The second-order valence-corrected chi connectivity index (χ2v) is 6.45. The number of carbonyl (C=O) groups is 1. The number of rotatable bonds is 5. The van der Waals surface area contributed by atoms with Crippen LogP contribution in [0.15, 0.2) is 29.0 Å². The van der Waals surface area contributed by atoms with E-state index < -0.39 is 0 Å². The minimum absolute atomic E-state index is 0.0293. The Morgan fingerprint density at radius 1 is 1.44 bits per heavy atom. The number of anilines is 1. The lowest BCUT2D eigenvalue weighted by Gasteiger charge is -2.32. The van der Waals surface area contributed by atoms with Gasteiger partial charge in [0.25, 0.3) is 5.91 Å². The average molecular weight is 344 g/mol. The quantitative estimate of drug-likeness (QED) is 0.825. The van der Waals surface area contributed by atoms with Crippen molar-refractivity contribution in [2.24, 2.45) is 0 Å². The SMILES string of the molecule is Cc1nc(C(=O)N2CCO[C@@H](CCc3ccnc(N(C)C)c3)C2)co1. The van der Waals surface area contributed by atoms with Gasteiger partial charge < -0.3 is 19.0 Å². The Balaban J connectivity index is 1.57. The molecule has 134 valence electrons. The topological polar surface area (TPSA) is 71.7 Å². The van der Waals surface area contributed by atoms with Gasteiger partial charge in [-0.3, -0.25) is 4.79 Å². The summed E-state index contributed by atoms with van der Waals surface area (Å²) in [6.45, 7) is 3.44. The number of carbonyl (C=O) groups excluding carboxylic acids is 1. The van der Waals surface area contributed by atoms with Crippen molar-refractivity contribution in [1.82, 2.24) is 14.9 Å². The Morgan fingerprint density at radius 3 is 3.00 bits per heavy atom. The van der Waals surface area contributed by atoms with Crippen LogP contribution in [0.25, 0.3) is 0 Å². The summed E-state index contributed by atoms with van der Waals surface area (Å²) in [5, 5.41) is 0. The molecule has 0 bridgehead atoms. The maximum atomic E-state index is 12.5. The molecule has 0 N–H and O–H groups in total. The predicted molar refractivity (Wildman–Crippen MR) is 93.8 cm³/mol. The average Bonchev–Trinajstić information content (AvgIpc) is 3.06. The number of morpholine rings is 1. The maximum absolute atomic E-state index is 12.5. The second kappa shape index (κ2) is 7.65. The zero-order chi connectivity index (χ0) is 17.8. The van der Waals surface area contributed by atoms with E-state index in [1.165, 1.54) is 11.8 Å². The molecule has 0 aliphatic carbocycles. The monoisotopic (exact) mass is 344 g/mol. The normalized spacial score (nSPS) is 17.6. The highest BCUT2D eigenvalue weighted by molar-refractivity contribution is 5.92. The summed E-state index contributed by atoms with van der Waals surface area (Å²) in [7, 11) is 3.96. The summed E-state index contributed by atoms with van der Waals surface area (Å²) in [6, 6.07) is 4.11. The van der Waals surface area contributed by atoms with Crippen LogP contribution in [0.2, 0.25) is 0 Å². The molecule has 1 fully saturated rings. The van der Waals surface area contributed by atoms with Crippen LogP contribution in [0.1, 0.15) is 28.4 Å². The molecule has 1 aliphatic heterocycles. The van der Waals surface area contributed by atoms with Gasteiger partial charge in [-0.15, -0.1) is 0 Å². The van der Waals surface area contributed by atoms with Crippen LogP contribution in [0.4, 0.5) is 5.82 Å². The molecule has 1 saturated heterocycles. The zero-order valence-corrected chi connectivity index (χ0v) is 14.9. The Hall–Kier alpha value is -2.41. The third kappa shape index (κ3) is 4.36. The van der Waals surface area contributed by atoms with Gasteiger partial charge in [-0.2, -0.15) is 0 Å². The van der Waals surface area contributed by atoms with Crippen molar-refractivity contribution in [3.05, 3.63) is 41.7 Å². The molecule has 2 aromatic rings. The molecule has 2 aromatic heterocycles. The van der Waals surface area contributed by atoms with Crippen LogP contribution in [0, 0.1) is 6.92 Å². The molecule has 1 aliphatic rings. The van der Waals surface area contributed by atoms with E-state index in [0.29, 0.717) is 31.3 Å². The van der Waals surface area contributed by atoms with Crippen molar-refractivity contribution >= 4 is 11.7 Å². The molecular formula is C18H24N4O3. The van der Waals surface area contributed by atoms with Crippen molar-refractivity contribution in [2.45, 2.75) is 25.9 Å². The van der Waals surface area contributed by atoms with Crippen molar-refractivity contribution in [2.75, 3.05) is 38.7 Å². The predicted octanol–water partition coefficient (Wildman–Crippen LogP) is 1.92. The maximum Gasteiger partial charge on any atom is 0.275 e. The highest BCUT2D eigenvalue weighted by Gasteiger charge is 2.26. The lowest BCUT2D eigenvalue weighted by atomic mass is 10.1. The third-order valence-corrected chi connectivity index (χ3v) is 4.29. The van der Waals surface area contributed by atoms with E-state index in [0.717, 1.165) is 18.7 Å². The summed E-state index contributed by atoms with van der Waals surface area (Å²) in [5.74, 6) is 1.35. The molecule has 3 heterocycles. The van der Waals surface area contributed by atoms with Crippen LogP contribution >= 0.6 is 0 Å². The lowest BCUT2D eigenvalue weighted by Crippen LogP contribution is -2.45. The van der Waals surface area contributed by atoms with E-state index in [9.17, 15) is 4.79 Å². The Kier molecular flexibility index (Phi) is 5.33. The van der Waals surface area contributed by atoms with Crippen LogP contribution < -0.4 is 4.90 Å². The van der Waals surface area contributed by atoms with Crippen LogP contribution in [-0.2, 0) is 11.2 Å². The van der Waals surface area contributed by atoms with Crippen molar-refractivity contribution in [3.63, 3.8) is 0 Å². The molecule has 0 aromatic carbocycles. The number of nitrogens with zero attached hydrogens (tertiary/aromatic N) is 4. The van der Waals surface area contributed by atoms with Crippen LogP contribution in [0.5, 0.6) is 0 Å². The van der Waals surface area contributed by atoms with Crippen molar-refractivity contribution in [1.29, 1.82) is 0 Å². The molecule has 7 nitrogen and oxygen atoms in total. The summed E-state index contributed by atoms with van der Waals surface area (Å²) < 4.78 is 11.0. The van der Waals surface area contributed by atoms with Gasteiger partial charge in [0.2, 0.25) is 0 Å². The second-order valence-electron chi connectivity index (χ2n) is 6.45. The number of pyridine rings is 1. The molecule has 7 heteroatoms. The van der Waals surface area contributed by atoms with E-state index in [1.54, 1.807) is 11.8 Å². The Morgan fingerprint density at radius 2 is 2.28 bits per heavy atom. The van der Waals surface area contributed by atoms with Crippen LogP contribution in [-0.4, -0.2) is 60.7 Å². The van der Waals surface area contributed by atoms with Crippen molar-refractivity contribution < 1.29 is 13.9 Å². The van der Waals surface area contributed by atoms with Gasteiger partial charge in [-0.05, 0) is 30.5 Å². The van der Waals surface area contributed by atoms with E-state index in [-0.39, 0.29) is 12.0 Å². The highest BCUT2D eigenvalue weighted by atomic mass is 16.5. The lowest BCUT2D eigenvalue weighted by molar-refractivity contribution is -0.0247. The summed E-state index contributed by atoms with van der Waals surface area (Å²) >= 11 is 0. The molecule has 0 radical (unpaired) electrons. The summed E-state index contributed by atoms with van der Waals surface area (Å²) in [6.07, 6.45) is 5.02. The minimum atomic E-state index is -0.0936. The smallest absolute Gasteiger partial charge is 0.275 e. The number of aryl methyl sites for hydroxylation is 2. The zero-order valence-electron chi connectivity index (χ0n) is 14.9. The number of hydrogen-bond acceptors (Lipinski definition) is 6. The molecule has 3 rings (SSSR count). The number of hydrogen-bond donors (Lipinski definition) is 0. The fourth-order valence-electron chi connectivity index (χ4n) is 2.89. The van der Waals surface area contributed by atoms with Gasteiger partial charge in [0.1, 0.15) is 12.1 Å². The molecule has 1 atom stereocenters. The van der Waals surface area contributed by atoms with E-state index >= 15 is 0 Å². The minimum Gasteiger partial charge on any atom is -0.448 e. The van der Waals surface area contributed by atoms with Crippen molar-refractivity contribution in [3.8, 4) is 0 Å². The molecule has 25 heavy (non-hydrogen) atoms. The summed E-state index contributed by atoms with van der Waals surface area (Å²) in [4.78, 5) is 24.7. The molecule has 0 unspecified atom stereocenters. The first-order valence-electron chi connectivity index (χ1n) is 8.48.